The van der Waals surface area contributed by atoms with Crippen LogP contribution >= 0.6 is 23.2 Å². The van der Waals surface area contributed by atoms with Gasteiger partial charge >= 0.3 is 6.09 Å². The van der Waals surface area contributed by atoms with Crippen LogP contribution in [0.15, 0.2) is 42.6 Å². The number of fused-ring (bicyclic) bond motifs is 1. The molecule has 1 aliphatic rings. The number of H-pyrrole nitrogens is 1. The number of likely N-dealkylation sites (tertiary alicyclic amines) is 1. The average molecular weight is 557 g/mol. The molecule has 1 saturated heterocycles. The number of benzene rings is 2. The van der Waals surface area contributed by atoms with Gasteiger partial charge in [0.1, 0.15) is 17.3 Å². The highest BCUT2D eigenvalue weighted by molar-refractivity contribution is 6.36. The normalized spacial score (nSPS) is 17.7. The van der Waals surface area contributed by atoms with Crippen LogP contribution in [-0.2, 0) is 9.53 Å². The molecule has 0 saturated carbocycles. The number of nitrogens with two attached hydrogens (primary N) is 1. The number of aromatic amines is 1. The number of rotatable bonds is 4. The Morgan fingerprint density at radius 3 is 2.71 bits per heavy atom. The summed E-state index contributed by atoms with van der Waals surface area (Å²) in [6.07, 6.45) is 1.50. The number of nitrogens with zero attached hydrogens (tertiary/aromatic N) is 5. The Morgan fingerprint density at radius 2 is 1.97 bits per heavy atom. The van der Waals surface area contributed by atoms with E-state index in [1.54, 1.807) is 43.8 Å². The van der Waals surface area contributed by atoms with E-state index in [0.29, 0.717) is 33.7 Å². The molecule has 0 bridgehead atoms. The van der Waals surface area contributed by atoms with E-state index in [1.165, 1.54) is 11.0 Å². The standard InChI is InChI=1S/C25H26Cl2N8O3/c1-25(2,3)38-24(37)34-11-15(10-21(34)23(36)29-18-7-5-14(26)9-17(18)27)35-12-20(31-33-35)13-4-6-16-19(8-13)30-32-22(16)28/h4-9,12,15,21H,10-11H2,1-3H3,(H,29,36)(H3,28,30,32)/t15-,21-/m0/s1. The van der Waals surface area contributed by atoms with Crippen molar-refractivity contribution >= 4 is 57.6 Å². The van der Waals surface area contributed by atoms with E-state index in [2.05, 4.69) is 25.8 Å². The van der Waals surface area contributed by atoms with E-state index < -0.39 is 23.6 Å². The highest BCUT2D eigenvalue weighted by atomic mass is 35.5. The SMILES string of the molecule is CC(C)(C)OC(=O)N1C[C@@H](n2cc(-c3ccc4c(N)n[nH]c4c3)nn2)C[C@H]1C(=O)Nc1ccc(Cl)cc1Cl. The number of amides is 2. The minimum atomic E-state index is -0.821. The van der Waals surface area contributed by atoms with Crippen LogP contribution in [-0.4, -0.2) is 60.3 Å². The lowest BCUT2D eigenvalue weighted by molar-refractivity contribution is -0.120. The van der Waals surface area contributed by atoms with Crippen LogP contribution in [0.1, 0.15) is 33.2 Å². The molecule has 2 atom stereocenters. The predicted molar refractivity (Wildman–Crippen MR) is 145 cm³/mol. The van der Waals surface area contributed by atoms with Crippen molar-refractivity contribution in [3.8, 4) is 11.3 Å². The Hall–Kier alpha value is -3.83. The number of anilines is 2. The van der Waals surface area contributed by atoms with E-state index in [0.717, 1.165) is 16.5 Å². The molecule has 4 aromatic rings. The smallest absolute Gasteiger partial charge is 0.411 e. The molecule has 0 radical (unpaired) electrons. The summed E-state index contributed by atoms with van der Waals surface area (Å²) in [6, 6.07) is 9.28. The van der Waals surface area contributed by atoms with Crippen LogP contribution < -0.4 is 11.1 Å². The first-order chi connectivity index (χ1) is 18.0. The minimum Gasteiger partial charge on any atom is -0.444 e. The fourth-order valence-electron chi connectivity index (χ4n) is 4.37. The molecule has 0 aliphatic carbocycles. The molecule has 13 heteroatoms. The number of carbonyl (C=O) groups excluding carboxylic acids is 2. The Labute approximate surface area is 228 Å². The summed E-state index contributed by atoms with van der Waals surface area (Å²) in [5.41, 5.74) is 7.76. The number of carbonyl (C=O) groups is 2. The maximum Gasteiger partial charge on any atom is 0.411 e. The number of nitrogens with one attached hydrogen (secondary N) is 2. The quantitative estimate of drug-likeness (QED) is 0.324. The van der Waals surface area contributed by atoms with Crippen LogP contribution in [0.3, 0.4) is 0 Å². The lowest BCUT2D eigenvalue weighted by Gasteiger charge is -2.28. The van der Waals surface area contributed by atoms with Crippen LogP contribution in [0.4, 0.5) is 16.3 Å². The van der Waals surface area contributed by atoms with Gasteiger partial charge in [0.25, 0.3) is 0 Å². The van der Waals surface area contributed by atoms with Gasteiger partial charge in [-0.1, -0.05) is 34.5 Å². The molecule has 1 aliphatic heterocycles. The van der Waals surface area contributed by atoms with E-state index in [9.17, 15) is 9.59 Å². The van der Waals surface area contributed by atoms with Crippen LogP contribution in [0, 0.1) is 0 Å². The molecule has 1 fully saturated rings. The molecule has 2 aromatic heterocycles. The highest BCUT2D eigenvalue weighted by Crippen LogP contribution is 2.32. The first-order valence-corrected chi connectivity index (χ1v) is 12.7. The Balaban J connectivity index is 1.39. The number of ether oxygens (including phenoxy) is 1. The highest BCUT2D eigenvalue weighted by Gasteiger charge is 2.43. The van der Waals surface area contributed by atoms with Crippen molar-refractivity contribution in [3.05, 3.63) is 52.6 Å². The molecule has 2 amide bonds. The molecule has 198 valence electrons. The van der Waals surface area contributed by atoms with Gasteiger partial charge in [-0.05, 0) is 51.1 Å². The second kappa shape index (κ2) is 9.80. The molecular formula is C25H26Cl2N8O3. The fraction of sp³-hybridized carbons (Fsp3) is 0.320. The lowest BCUT2D eigenvalue weighted by Crippen LogP contribution is -2.45. The average Bonchev–Trinajstić information content (AvgIpc) is 3.58. The topological polar surface area (TPSA) is 144 Å². The largest absolute Gasteiger partial charge is 0.444 e. The monoisotopic (exact) mass is 556 g/mol. The maximum atomic E-state index is 13.3. The van der Waals surface area contributed by atoms with Crippen molar-refractivity contribution in [2.45, 2.75) is 44.9 Å². The van der Waals surface area contributed by atoms with Gasteiger partial charge in [-0.2, -0.15) is 5.10 Å². The molecule has 11 nitrogen and oxygen atoms in total. The molecule has 38 heavy (non-hydrogen) atoms. The summed E-state index contributed by atoms with van der Waals surface area (Å²) in [7, 11) is 0. The number of hydrogen-bond donors (Lipinski definition) is 3. The zero-order valence-electron chi connectivity index (χ0n) is 20.9. The summed E-state index contributed by atoms with van der Waals surface area (Å²) in [5, 5.41) is 19.9. The van der Waals surface area contributed by atoms with E-state index in [4.69, 9.17) is 33.7 Å². The number of halogens is 2. The van der Waals surface area contributed by atoms with Crippen molar-refractivity contribution in [1.29, 1.82) is 0 Å². The second-order valence-electron chi connectivity index (χ2n) is 10.1. The van der Waals surface area contributed by atoms with Gasteiger partial charge in [-0.25, -0.2) is 9.48 Å². The summed E-state index contributed by atoms with van der Waals surface area (Å²) in [4.78, 5) is 27.8. The Kier molecular flexibility index (Phi) is 6.66. The number of aromatic nitrogens is 5. The van der Waals surface area contributed by atoms with Crippen molar-refractivity contribution < 1.29 is 14.3 Å². The van der Waals surface area contributed by atoms with Crippen molar-refractivity contribution in [2.75, 3.05) is 17.6 Å². The Morgan fingerprint density at radius 1 is 1.18 bits per heavy atom. The third-order valence-electron chi connectivity index (χ3n) is 6.17. The predicted octanol–water partition coefficient (Wildman–Crippen LogP) is 4.90. The van der Waals surface area contributed by atoms with E-state index >= 15 is 0 Å². The van der Waals surface area contributed by atoms with Crippen LogP contribution in [0.2, 0.25) is 10.0 Å². The summed E-state index contributed by atoms with van der Waals surface area (Å²) in [6.45, 7) is 5.53. The summed E-state index contributed by atoms with van der Waals surface area (Å²) in [5.74, 6) is 0.0257. The van der Waals surface area contributed by atoms with E-state index in [-0.39, 0.29) is 12.6 Å². The zero-order valence-corrected chi connectivity index (χ0v) is 22.4. The molecule has 0 unspecified atom stereocenters. The fourth-order valence-corrected chi connectivity index (χ4v) is 4.83. The van der Waals surface area contributed by atoms with Gasteiger partial charge in [0.2, 0.25) is 5.91 Å². The van der Waals surface area contributed by atoms with Gasteiger partial charge in [-0.15, -0.1) is 5.10 Å². The summed E-state index contributed by atoms with van der Waals surface area (Å²) < 4.78 is 7.26. The minimum absolute atomic E-state index is 0.209. The maximum absolute atomic E-state index is 13.3. The van der Waals surface area contributed by atoms with Gasteiger partial charge < -0.3 is 15.8 Å². The molecule has 2 aromatic carbocycles. The zero-order chi connectivity index (χ0) is 27.2. The third kappa shape index (κ3) is 5.25. The van der Waals surface area contributed by atoms with Gasteiger partial charge in [0, 0.05) is 28.9 Å². The van der Waals surface area contributed by atoms with Gasteiger partial charge in [0.15, 0.2) is 5.82 Å². The first kappa shape index (κ1) is 25.8. The number of nitrogen functional groups attached to an aromatic ring is 1. The molecule has 5 rings (SSSR count). The molecule has 0 spiro atoms. The number of hydrogen-bond acceptors (Lipinski definition) is 7. The van der Waals surface area contributed by atoms with E-state index in [1.807, 2.05) is 18.2 Å². The van der Waals surface area contributed by atoms with Crippen LogP contribution in [0.25, 0.3) is 22.2 Å². The molecule has 3 heterocycles. The third-order valence-corrected chi connectivity index (χ3v) is 6.72. The van der Waals surface area contributed by atoms with Gasteiger partial charge in [0.05, 0.1) is 28.5 Å². The van der Waals surface area contributed by atoms with Gasteiger partial charge in [-0.3, -0.25) is 14.8 Å². The van der Waals surface area contributed by atoms with Crippen molar-refractivity contribution in [1.82, 2.24) is 30.1 Å². The lowest BCUT2D eigenvalue weighted by atomic mass is 10.1. The Bertz CT molecular complexity index is 1530. The molecule has 4 N–H and O–H groups in total. The summed E-state index contributed by atoms with van der Waals surface area (Å²) >= 11 is 12.2. The molecular weight excluding hydrogens is 531 g/mol. The van der Waals surface area contributed by atoms with Crippen molar-refractivity contribution in [3.63, 3.8) is 0 Å². The van der Waals surface area contributed by atoms with Crippen LogP contribution in [0.5, 0.6) is 0 Å². The van der Waals surface area contributed by atoms with Crippen molar-refractivity contribution in [2.24, 2.45) is 0 Å². The second-order valence-corrected chi connectivity index (χ2v) is 10.9. The first-order valence-electron chi connectivity index (χ1n) is 11.9.